The van der Waals surface area contributed by atoms with Crippen LogP contribution in [0.3, 0.4) is 0 Å². The van der Waals surface area contributed by atoms with Crippen molar-refractivity contribution in [3.05, 3.63) is 77.1 Å². The molecule has 2 aromatic carbocycles. The van der Waals surface area contributed by atoms with E-state index in [1.807, 2.05) is 18.2 Å². The maximum Gasteiger partial charge on any atom is 0.313 e. The zero-order valence-electron chi connectivity index (χ0n) is 20.3. The maximum atomic E-state index is 13.6. The lowest BCUT2D eigenvalue weighted by atomic mass is 9.98. The van der Waals surface area contributed by atoms with E-state index in [1.165, 1.54) is 34.6 Å². The van der Waals surface area contributed by atoms with Gasteiger partial charge in [0.15, 0.2) is 0 Å². The zero-order chi connectivity index (χ0) is 26.9. The summed E-state index contributed by atoms with van der Waals surface area (Å²) < 4.78 is 21.0. The largest absolute Gasteiger partial charge is 0.339 e. The fourth-order valence-electron chi connectivity index (χ4n) is 4.49. The number of piperidine rings is 1. The Morgan fingerprint density at radius 3 is 2.87 bits per heavy atom. The van der Waals surface area contributed by atoms with E-state index >= 15 is 0 Å². The molecule has 0 radical (unpaired) electrons. The molecule has 1 N–H and O–H groups in total. The number of amides is 2. The molecule has 2 amide bonds. The van der Waals surface area contributed by atoms with Crippen molar-refractivity contribution in [3.63, 3.8) is 0 Å². The standard InChI is InChI=1S/C27H20BrFN6O3S/c28-18-6-7-22-21(11-18)32-26(39-22)17-10-20(13-30-12-17)31-24(36)27(37)35-8-2-4-16(14-35)25-33-23(34-38-25)15-3-1-5-19(29)9-15/h1,3,5-7,9-13,16H,2,4,8,14H2,(H,31,36). The van der Waals surface area contributed by atoms with E-state index in [9.17, 15) is 14.0 Å². The van der Waals surface area contributed by atoms with E-state index in [4.69, 9.17) is 4.52 Å². The van der Waals surface area contributed by atoms with Crippen molar-refractivity contribution in [2.75, 3.05) is 18.4 Å². The number of anilines is 1. The average Bonchev–Trinajstić information content (AvgIpc) is 3.61. The fraction of sp³-hybridized carbons (Fsp3) is 0.185. The lowest BCUT2D eigenvalue weighted by Crippen LogP contribution is -2.44. The number of nitrogens with one attached hydrogen (secondary N) is 1. The van der Waals surface area contributed by atoms with Crippen molar-refractivity contribution in [1.82, 2.24) is 25.0 Å². The first-order valence-corrected chi connectivity index (χ1v) is 13.8. The Kier molecular flexibility index (Phi) is 6.88. The van der Waals surface area contributed by atoms with Gasteiger partial charge in [-0.25, -0.2) is 9.37 Å². The van der Waals surface area contributed by atoms with Gasteiger partial charge < -0.3 is 14.7 Å². The number of thiazole rings is 1. The summed E-state index contributed by atoms with van der Waals surface area (Å²) >= 11 is 4.97. The van der Waals surface area contributed by atoms with E-state index in [2.05, 4.69) is 41.4 Å². The lowest BCUT2D eigenvalue weighted by Gasteiger charge is -2.30. The number of hydrogen-bond acceptors (Lipinski definition) is 8. The monoisotopic (exact) mass is 606 g/mol. The quantitative estimate of drug-likeness (QED) is 0.263. The highest BCUT2D eigenvalue weighted by molar-refractivity contribution is 9.10. The Labute approximate surface area is 234 Å². The summed E-state index contributed by atoms with van der Waals surface area (Å²) in [5, 5.41) is 7.39. The Hall–Kier alpha value is -4.03. The van der Waals surface area contributed by atoms with Gasteiger partial charge in [0.05, 0.1) is 28.0 Å². The van der Waals surface area contributed by atoms with E-state index in [0.29, 0.717) is 30.1 Å². The summed E-state index contributed by atoms with van der Waals surface area (Å²) in [7, 11) is 0. The number of rotatable bonds is 4. The first kappa shape index (κ1) is 25.3. The molecule has 1 fully saturated rings. The molecule has 0 bridgehead atoms. The minimum Gasteiger partial charge on any atom is -0.339 e. The second-order valence-corrected chi connectivity index (χ2v) is 11.1. The van der Waals surface area contributed by atoms with E-state index in [-0.39, 0.29) is 18.3 Å². The number of carbonyl (C=O) groups excluding carboxylic acids is 2. The van der Waals surface area contributed by atoms with Gasteiger partial charge in [-0.2, -0.15) is 4.98 Å². The van der Waals surface area contributed by atoms with E-state index < -0.39 is 17.6 Å². The first-order valence-electron chi connectivity index (χ1n) is 12.1. The topological polar surface area (TPSA) is 114 Å². The third-order valence-corrected chi connectivity index (χ3v) is 7.95. The molecule has 0 aliphatic carbocycles. The van der Waals surface area contributed by atoms with E-state index in [1.54, 1.807) is 24.4 Å². The molecular formula is C27H20BrFN6O3S. The van der Waals surface area contributed by atoms with Gasteiger partial charge >= 0.3 is 11.8 Å². The summed E-state index contributed by atoms with van der Waals surface area (Å²) in [5.74, 6) is -1.40. The molecule has 5 aromatic rings. The number of benzene rings is 2. The highest BCUT2D eigenvalue weighted by Gasteiger charge is 2.31. The second-order valence-electron chi connectivity index (χ2n) is 9.10. The van der Waals surface area contributed by atoms with Crippen LogP contribution >= 0.6 is 27.3 Å². The van der Waals surface area contributed by atoms with Gasteiger partial charge in [0.1, 0.15) is 10.8 Å². The van der Waals surface area contributed by atoms with Crippen LogP contribution in [0.5, 0.6) is 0 Å². The van der Waals surface area contributed by atoms with Crippen molar-refractivity contribution in [2.45, 2.75) is 18.8 Å². The zero-order valence-corrected chi connectivity index (χ0v) is 22.7. The van der Waals surface area contributed by atoms with Crippen LogP contribution in [0.25, 0.3) is 32.2 Å². The number of halogens is 2. The van der Waals surface area contributed by atoms with Crippen LogP contribution in [0.2, 0.25) is 0 Å². The number of fused-ring (bicyclic) bond motifs is 1. The first-order chi connectivity index (χ1) is 18.9. The Balaban J connectivity index is 1.13. The minimum atomic E-state index is -0.756. The minimum absolute atomic E-state index is 0.227. The molecule has 0 saturated carbocycles. The van der Waals surface area contributed by atoms with Gasteiger partial charge in [0.25, 0.3) is 0 Å². The molecule has 1 atom stereocenters. The highest BCUT2D eigenvalue weighted by atomic mass is 79.9. The summed E-state index contributed by atoms with van der Waals surface area (Å²) in [6.45, 7) is 0.698. The molecule has 4 heterocycles. The molecule has 12 heteroatoms. The van der Waals surface area contributed by atoms with Crippen molar-refractivity contribution in [1.29, 1.82) is 0 Å². The van der Waals surface area contributed by atoms with Crippen LogP contribution in [-0.4, -0.2) is 49.9 Å². The Morgan fingerprint density at radius 1 is 1.10 bits per heavy atom. The van der Waals surface area contributed by atoms with E-state index in [0.717, 1.165) is 31.7 Å². The van der Waals surface area contributed by atoms with Crippen molar-refractivity contribution >= 4 is 55.0 Å². The lowest BCUT2D eigenvalue weighted by molar-refractivity contribution is -0.144. The fourth-order valence-corrected chi connectivity index (χ4v) is 5.76. The molecule has 39 heavy (non-hydrogen) atoms. The number of carbonyl (C=O) groups is 2. The molecule has 1 aliphatic heterocycles. The third kappa shape index (κ3) is 5.43. The van der Waals surface area contributed by atoms with Crippen LogP contribution in [0, 0.1) is 5.82 Å². The summed E-state index contributed by atoms with van der Waals surface area (Å²) in [4.78, 5) is 40.7. The van der Waals surface area contributed by atoms with Gasteiger partial charge in [0.2, 0.25) is 11.7 Å². The Morgan fingerprint density at radius 2 is 2.00 bits per heavy atom. The summed E-state index contributed by atoms with van der Waals surface area (Å²) in [5.41, 5.74) is 2.50. The van der Waals surface area contributed by atoms with Crippen LogP contribution in [-0.2, 0) is 9.59 Å². The van der Waals surface area contributed by atoms with Crippen LogP contribution in [0.4, 0.5) is 10.1 Å². The molecular weight excluding hydrogens is 587 g/mol. The smallest absolute Gasteiger partial charge is 0.313 e. The molecule has 3 aromatic heterocycles. The molecule has 196 valence electrons. The third-order valence-electron chi connectivity index (χ3n) is 6.37. The molecule has 1 unspecified atom stereocenters. The number of nitrogens with zero attached hydrogens (tertiary/aromatic N) is 5. The number of hydrogen-bond donors (Lipinski definition) is 1. The Bertz CT molecular complexity index is 1710. The highest BCUT2D eigenvalue weighted by Crippen LogP contribution is 2.32. The molecule has 0 spiro atoms. The number of pyridine rings is 1. The molecule has 6 rings (SSSR count). The normalized spacial score (nSPS) is 15.4. The average molecular weight is 607 g/mol. The number of likely N-dealkylation sites (tertiary alicyclic amines) is 1. The van der Waals surface area contributed by atoms with Crippen LogP contribution in [0.1, 0.15) is 24.7 Å². The van der Waals surface area contributed by atoms with Gasteiger partial charge in [-0.05, 0) is 49.2 Å². The van der Waals surface area contributed by atoms with Crippen molar-refractivity contribution in [3.8, 4) is 22.0 Å². The van der Waals surface area contributed by atoms with Crippen LogP contribution < -0.4 is 5.32 Å². The van der Waals surface area contributed by atoms with Gasteiger partial charge in [-0.1, -0.05) is 33.2 Å². The van der Waals surface area contributed by atoms with Crippen molar-refractivity contribution < 1.29 is 18.5 Å². The van der Waals surface area contributed by atoms with Crippen molar-refractivity contribution in [2.24, 2.45) is 0 Å². The van der Waals surface area contributed by atoms with Crippen LogP contribution in [0.15, 0.2) is 69.9 Å². The molecule has 1 aliphatic rings. The van der Waals surface area contributed by atoms with Gasteiger partial charge in [-0.15, -0.1) is 11.3 Å². The number of aromatic nitrogens is 4. The summed E-state index contributed by atoms with van der Waals surface area (Å²) in [6, 6.07) is 13.6. The predicted octanol–water partition coefficient (Wildman–Crippen LogP) is 5.65. The van der Waals surface area contributed by atoms with Gasteiger partial charge in [-0.3, -0.25) is 14.6 Å². The maximum absolute atomic E-state index is 13.6. The molecule has 9 nitrogen and oxygen atoms in total. The molecule has 1 saturated heterocycles. The predicted molar refractivity (Wildman–Crippen MR) is 147 cm³/mol. The second kappa shape index (κ2) is 10.6. The van der Waals surface area contributed by atoms with Gasteiger partial charge in [0, 0.05) is 34.9 Å². The SMILES string of the molecule is O=C(Nc1cncc(-c2nc3cc(Br)ccc3s2)c1)C(=O)N1CCCC(c2nc(-c3cccc(F)c3)no2)C1. The summed E-state index contributed by atoms with van der Waals surface area (Å²) in [6.07, 6.45) is 4.55.